The Morgan fingerprint density at radius 3 is 1.67 bits per heavy atom. The minimum absolute atomic E-state index is 0.0147. The SMILES string of the molecule is Cc1nc(Cl)c2ccn([C@H]3C[C@H](O[Si](C)(C)C(C)(C)C)[C@H](C(O)c4nc(Cl)c5ccn([C@@H]6C[C@@H](CO[Si](C)(C)C(C)(C)C)[C@@H](O[Si](C)(C)C(C)(C)C)C6)c5n4)C3)c2n1. The first-order valence-corrected chi connectivity index (χ1v) is 30.7. The number of rotatable bonds is 11. The molecule has 0 aliphatic heterocycles. The van der Waals surface area contributed by atoms with Gasteiger partial charge in [-0.25, -0.2) is 19.9 Å². The van der Waals surface area contributed by atoms with Gasteiger partial charge < -0.3 is 27.5 Å². The van der Waals surface area contributed by atoms with E-state index < -0.39 is 31.1 Å². The van der Waals surface area contributed by atoms with Gasteiger partial charge in [-0.2, -0.15) is 0 Å². The smallest absolute Gasteiger partial charge is 0.192 e. The van der Waals surface area contributed by atoms with Crippen molar-refractivity contribution in [2.45, 2.75) is 180 Å². The van der Waals surface area contributed by atoms with Crippen molar-refractivity contribution in [2.75, 3.05) is 6.61 Å². The molecule has 0 spiro atoms. The fourth-order valence-electron chi connectivity index (χ4n) is 7.97. The monoisotopic (exact) mass is 888 g/mol. The van der Waals surface area contributed by atoms with Crippen LogP contribution in [0.25, 0.3) is 22.1 Å². The van der Waals surface area contributed by atoms with Gasteiger partial charge in [0.15, 0.2) is 30.8 Å². The Bertz CT molecular complexity index is 2120. The number of hydrogen-bond donors (Lipinski definition) is 1. The second kappa shape index (κ2) is 15.9. The van der Waals surface area contributed by atoms with Crippen molar-refractivity contribution < 1.29 is 18.4 Å². The Morgan fingerprint density at radius 1 is 0.672 bits per heavy atom. The topological polar surface area (TPSA) is 109 Å². The maximum absolute atomic E-state index is 12.4. The van der Waals surface area contributed by atoms with Crippen molar-refractivity contribution in [1.82, 2.24) is 29.1 Å². The van der Waals surface area contributed by atoms with Crippen molar-refractivity contribution in [3.05, 3.63) is 46.5 Å². The highest BCUT2D eigenvalue weighted by Gasteiger charge is 2.49. The van der Waals surface area contributed by atoms with Crippen LogP contribution in [-0.2, 0) is 13.3 Å². The van der Waals surface area contributed by atoms with Gasteiger partial charge >= 0.3 is 0 Å². The zero-order valence-corrected chi connectivity index (χ0v) is 42.5. The van der Waals surface area contributed by atoms with Crippen molar-refractivity contribution in [3.63, 3.8) is 0 Å². The molecule has 1 N–H and O–H groups in total. The molecule has 4 heterocycles. The molecular weight excluding hydrogens is 820 g/mol. The summed E-state index contributed by atoms with van der Waals surface area (Å²) in [4.78, 5) is 19.1. The maximum atomic E-state index is 12.4. The molecule has 2 saturated carbocycles. The summed E-state index contributed by atoms with van der Waals surface area (Å²) in [6, 6.07) is 4.13. The predicted octanol–water partition coefficient (Wildman–Crippen LogP) is 12.2. The Hall–Kier alpha value is -1.69. The standard InChI is InChI=1S/C43H70Cl2N6O4Si3/c1-26-46-36(44)30-17-20-51(39(30)47-26)29-22-32(34(24-29)55-58(15,16)43(8,9)10)35(52)38-48-37(45)31-18-19-50(40(31)49-38)28-21-27(25-53-56(11,12)41(2,3)4)33(23-28)54-57(13,14)42(5,6)7/h17-20,27-29,32-35,52H,21-25H2,1-16H3/t27-,28+,29+,32+,33-,34-,35?/m0/s1. The van der Waals surface area contributed by atoms with Crippen LogP contribution in [0.5, 0.6) is 0 Å². The van der Waals surface area contributed by atoms with E-state index in [0.29, 0.717) is 41.4 Å². The summed E-state index contributed by atoms with van der Waals surface area (Å²) < 4.78 is 25.7. The second-order valence-electron chi connectivity index (χ2n) is 21.9. The van der Waals surface area contributed by atoms with E-state index in [0.717, 1.165) is 34.9 Å². The van der Waals surface area contributed by atoms with Crippen LogP contribution in [0.1, 0.15) is 118 Å². The molecule has 10 nitrogen and oxygen atoms in total. The number of aryl methyl sites for hydroxylation is 1. The first-order chi connectivity index (χ1) is 26.5. The van der Waals surface area contributed by atoms with E-state index in [1.165, 1.54) is 0 Å². The van der Waals surface area contributed by atoms with E-state index in [1.54, 1.807) is 0 Å². The third-order valence-corrected chi connectivity index (χ3v) is 28.8. The third kappa shape index (κ3) is 8.95. The molecule has 0 aromatic carbocycles. The second-order valence-corrected chi connectivity index (χ2v) is 36.9. The number of aliphatic hydroxyl groups excluding tert-OH is 1. The lowest BCUT2D eigenvalue weighted by molar-refractivity contribution is 0.0315. The van der Waals surface area contributed by atoms with Gasteiger partial charge in [-0.15, -0.1) is 0 Å². The summed E-state index contributed by atoms with van der Waals surface area (Å²) in [5.74, 6) is 0.911. The third-order valence-electron chi connectivity index (χ3n) is 14.7. The Balaban J connectivity index is 1.34. The van der Waals surface area contributed by atoms with E-state index in [1.807, 2.05) is 25.3 Å². The molecule has 0 radical (unpaired) electrons. The number of aromatic nitrogens is 6. The van der Waals surface area contributed by atoms with Gasteiger partial charge in [0.25, 0.3) is 0 Å². The summed E-state index contributed by atoms with van der Waals surface area (Å²) in [6.07, 6.45) is 6.07. The lowest BCUT2D eigenvalue weighted by atomic mass is 9.97. The number of aliphatic hydroxyl groups is 1. The van der Waals surface area contributed by atoms with Gasteiger partial charge in [-0.3, -0.25) is 0 Å². The molecule has 0 amide bonds. The molecular formula is C43H70Cl2N6O4Si3. The number of fused-ring (bicyclic) bond motifs is 2. The molecule has 58 heavy (non-hydrogen) atoms. The van der Waals surface area contributed by atoms with Crippen molar-refractivity contribution >= 4 is 70.2 Å². The lowest BCUT2D eigenvalue weighted by Gasteiger charge is -2.41. The Kier molecular flexibility index (Phi) is 12.6. The van der Waals surface area contributed by atoms with E-state index in [2.05, 4.69) is 122 Å². The van der Waals surface area contributed by atoms with Crippen LogP contribution in [0.15, 0.2) is 24.5 Å². The largest absolute Gasteiger partial charge is 0.416 e. The number of hydrogen-bond acceptors (Lipinski definition) is 8. The minimum atomic E-state index is -2.24. The van der Waals surface area contributed by atoms with Gasteiger partial charge in [0.2, 0.25) is 0 Å². The zero-order valence-electron chi connectivity index (χ0n) is 38.0. The van der Waals surface area contributed by atoms with Crippen molar-refractivity contribution in [1.29, 1.82) is 0 Å². The Morgan fingerprint density at radius 2 is 1.14 bits per heavy atom. The lowest BCUT2D eigenvalue weighted by Crippen LogP contribution is -2.46. The average Bonchev–Trinajstić information content (AvgIpc) is 3.86. The number of halogens is 2. The van der Waals surface area contributed by atoms with Gasteiger partial charge in [0, 0.05) is 42.9 Å². The zero-order chi connectivity index (χ0) is 43.1. The molecule has 322 valence electrons. The van der Waals surface area contributed by atoms with Gasteiger partial charge in [0.1, 0.15) is 33.5 Å². The highest BCUT2D eigenvalue weighted by molar-refractivity contribution is 6.75. The highest BCUT2D eigenvalue weighted by Crippen LogP contribution is 2.49. The minimum Gasteiger partial charge on any atom is -0.416 e. The molecule has 4 aromatic heterocycles. The van der Waals surface area contributed by atoms with Crippen LogP contribution in [-0.4, -0.2) is 77.9 Å². The molecule has 1 unspecified atom stereocenters. The quantitative estimate of drug-likeness (QED) is 0.117. The maximum Gasteiger partial charge on any atom is 0.192 e. The van der Waals surface area contributed by atoms with Crippen LogP contribution >= 0.6 is 23.2 Å². The molecule has 15 heteroatoms. The Labute approximate surface area is 360 Å². The summed E-state index contributed by atoms with van der Waals surface area (Å²) in [6.45, 7) is 37.0. The van der Waals surface area contributed by atoms with Crippen LogP contribution in [0, 0.1) is 18.8 Å². The van der Waals surface area contributed by atoms with Crippen LogP contribution in [0.3, 0.4) is 0 Å². The summed E-state index contributed by atoms with van der Waals surface area (Å²) in [5, 5.41) is 15.0. The van der Waals surface area contributed by atoms with Crippen LogP contribution in [0.4, 0.5) is 0 Å². The summed E-state index contributed by atoms with van der Waals surface area (Å²) in [7, 11) is -6.30. The predicted molar refractivity (Wildman–Crippen MR) is 246 cm³/mol. The molecule has 0 bridgehead atoms. The van der Waals surface area contributed by atoms with Crippen LogP contribution in [0.2, 0.25) is 64.7 Å². The van der Waals surface area contributed by atoms with Gasteiger partial charge in [-0.05, 0) is 99.1 Å². The fraction of sp³-hybridized carbons (Fsp3) is 0.721. The first kappa shape index (κ1) is 45.8. The normalized spacial score (nSPS) is 24.7. The van der Waals surface area contributed by atoms with Crippen molar-refractivity contribution in [3.8, 4) is 0 Å². The molecule has 2 fully saturated rings. The highest BCUT2D eigenvalue weighted by atomic mass is 35.5. The van der Waals surface area contributed by atoms with E-state index in [9.17, 15) is 5.11 Å². The molecule has 2 aliphatic rings. The molecule has 6 rings (SSSR count). The van der Waals surface area contributed by atoms with E-state index >= 15 is 0 Å². The molecule has 0 saturated heterocycles. The van der Waals surface area contributed by atoms with Crippen LogP contribution < -0.4 is 0 Å². The van der Waals surface area contributed by atoms with Gasteiger partial charge in [-0.1, -0.05) is 85.5 Å². The summed E-state index contributed by atoms with van der Waals surface area (Å²) in [5.41, 5.74) is 1.54. The average molecular weight is 890 g/mol. The summed E-state index contributed by atoms with van der Waals surface area (Å²) >= 11 is 13.6. The molecule has 2 aliphatic carbocycles. The first-order valence-electron chi connectivity index (χ1n) is 21.2. The number of nitrogens with zero attached hydrogens (tertiary/aromatic N) is 6. The van der Waals surface area contributed by atoms with Crippen molar-refractivity contribution in [2.24, 2.45) is 11.8 Å². The molecule has 7 atom stereocenters. The fourth-order valence-corrected chi connectivity index (χ4v) is 12.3. The van der Waals surface area contributed by atoms with Gasteiger partial charge in [0.05, 0.1) is 23.0 Å². The van der Waals surface area contributed by atoms with E-state index in [4.69, 9.17) is 51.4 Å². The molecule has 4 aromatic rings. The van der Waals surface area contributed by atoms with E-state index in [-0.39, 0.29) is 51.2 Å².